The van der Waals surface area contributed by atoms with Crippen LogP contribution in [0.2, 0.25) is 0 Å². The molecule has 3 atom stereocenters. The highest BCUT2D eigenvalue weighted by atomic mass is 19.4. The van der Waals surface area contributed by atoms with Crippen molar-refractivity contribution in [1.29, 1.82) is 0 Å². The molecule has 2 amide bonds. The highest BCUT2D eigenvalue weighted by molar-refractivity contribution is 6.01. The van der Waals surface area contributed by atoms with Gasteiger partial charge in [-0.15, -0.1) is 0 Å². The third-order valence-electron chi connectivity index (χ3n) is 5.61. The van der Waals surface area contributed by atoms with E-state index < -0.39 is 35.7 Å². The van der Waals surface area contributed by atoms with Gasteiger partial charge in [0.05, 0.1) is 13.2 Å². The molecule has 0 unspecified atom stereocenters. The fraction of sp³-hybridized carbons (Fsp3) is 0.217. The molecule has 3 aromatic carbocycles. The fourth-order valence-corrected chi connectivity index (χ4v) is 4.14. The number of ketones is 1. The van der Waals surface area contributed by atoms with Gasteiger partial charge in [-0.1, -0.05) is 60.7 Å². The molecule has 1 aliphatic heterocycles. The van der Waals surface area contributed by atoms with Crippen LogP contribution in [-0.2, 0) is 0 Å². The summed E-state index contributed by atoms with van der Waals surface area (Å²) in [5.41, 5.74) is -3.69. The van der Waals surface area contributed by atoms with E-state index >= 15 is 0 Å². The van der Waals surface area contributed by atoms with Gasteiger partial charge < -0.3 is 20.5 Å². The summed E-state index contributed by atoms with van der Waals surface area (Å²) in [5, 5.41) is 15.9. The summed E-state index contributed by atoms with van der Waals surface area (Å²) in [6, 6.07) is 14.6. The highest BCUT2D eigenvalue weighted by Crippen LogP contribution is 2.47. The van der Waals surface area contributed by atoms with E-state index in [0.717, 1.165) is 0 Å². The number of fused-ring (bicyclic) bond motifs is 1. The Bertz CT molecular complexity index is 1180. The zero-order valence-electron chi connectivity index (χ0n) is 16.8. The van der Waals surface area contributed by atoms with Crippen molar-refractivity contribution in [2.75, 3.05) is 7.11 Å². The second kappa shape index (κ2) is 7.83. The molecule has 1 aliphatic rings. The van der Waals surface area contributed by atoms with Gasteiger partial charge in [0, 0.05) is 11.1 Å². The van der Waals surface area contributed by atoms with E-state index in [1.165, 1.54) is 36.7 Å². The van der Waals surface area contributed by atoms with Gasteiger partial charge in [-0.05, 0) is 16.8 Å². The number of methoxy groups -OCH3 is 1. The number of carbonyl (C=O) groups is 2. The van der Waals surface area contributed by atoms with Crippen LogP contribution < -0.4 is 15.4 Å². The molecular weight excluding hydrogens is 425 g/mol. The molecule has 1 fully saturated rings. The smallest absolute Gasteiger partial charge is 0.437 e. The fourth-order valence-electron chi connectivity index (χ4n) is 4.14. The lowest BCUT2D eigenvalue weighted by Gasteiger charge is -2.45. The first kappa shape index (κ1) is 21.6. The predicted octanol–water partition coefficient (Wildman–Crippen LogP) is 3.95. The number of halogens is 3. The largest absolute Gasteiger partial charge is 0.496 e. The van der Waals surface area contributed by atoms with Gasteiger partial charge in [0.15, 0.2) is 5.78 Å². The summed E-state index contributed by atoms with van der Waals surface area (Å²) in [7, 11) is 1.33. The molecule has 3 N–H and O–H groups in total. The molecule has 3 aromatic rings. The molecule has 0 radical (unpaired) electrons. The zero-order chi connectivity index (χ0) is 23.1. The van der Waals surface area contributed by atoms with Crippen LogP contribution in [0.4, 0.5) is 18.0 Å². The number of benzene rings is 3. The topological polar surface area (TPSA) is 87.7 Å². The number of ether oxygens (including phenoxy) is 1. The number of nitrogens with one attached hydrogen (secondary N) is 2. The van der Waals surface area contributed by atoms with Crippen molar-refractivity contribution in [3.63, 3.8) is 0 Å². The number of Topliss-reactive ketones (excluding diaryl/α,β-unsaturated/α-hetero) is 1. The van der Waals surface area contributed by atoms with Crippen molar-refractivity contribution in [1.82, 2.24) is 10.6 Å². The van der Waals surface area contributed by atoms with Gasteiger partial charge in [-0.2, -0.15) is 13.2 Å². The normalized spacial score (nSPS) is 23.3. The first-order chi connectivity index (χ1) is 15.2. The van der Waals surface area contributed by atoms with Crippen LogP contribution in [0.1, 0.15) is 22.0 Å². The van der Waals surface area contributed by atoms with Gasteiger partial charge in [0.2, 0.25) is 5.72 Å². The molecule has 0 saturated carbocycles. The summed E-state index contributed by atoms with van der Waals surface area (Å²) >= 11 is 0. The lowest BCUT2D eigenvalue weighted by molar-refractivity contribution is -0.287. The minimum absolute atomic E-state index is 0.0395. The number of urea groups is 1. The Morgan fingerprint density at radius 1 is 1.03 bits per heavy atom. The van der Waals surface area contributed by atoms with Crippen LogP contribution in [0.5, 0.6) is 5.75 Å². The summed E-state index contributed by atoms with van der Waals surface area (Å²) in [6.45, 7) is 0. The molecular formula is C23H19F3N2O4. The number of aliphatic hydroxyl groups is 1. The van der Waals surface area contributed by atoms with E-state index in [1.807, 2.05) is 0 Å². The van der Waals surface area contributed by atoms with Crippen LogP contribution >= 0.6 is 0 Å². The lowest BCUT2D eigenvalue weighted by atomic mass is 9.76. The monoisotopic (exact) mass is 444 g/mol. The summed E-state index contributed by atoms with van der Waals surface area (Å²) in [4.78, 5) is 25.7. The van der Waals surface area contributed by atoms with Crippen molar-refractivity contribution >= 4 is 22.6 Å². The molecule has 1 saturated heterocycles. The van der Waals surface area contributed by atoms with Crippen LogP contribution in [0.15, 0.2) is 66.7 Å². The number of hydrogen-bond acceptors (Lipinski definition) is 4. The Labute approximate surface area is 181 Å². The predicted molar refractivity (Wildman–Crippen MR) is 110 cm³/mol. The van der Waals surface area contributed by atoms with Crippen LogP contribution in [0, 0.1) is 5.92 Å². The quantitative estimate of drug-likeness (QED) is 0.532. The van der Waals surface area contributed by atoms with Crippen molar-refractivity contribution in [2.24, 2.45) is 5.92 Å². The third-order valence-corrected chi connectivity index (χ3v) is 5.61. The van der Waals surface area contributed by atoms with Crippen molar-refractivity contribution in [3.8, 4) is 5.75 Å². The minimum atomic E-state index is -5.34. The summed E-state index contributed by atoms with van der Waals surface area (Å²) in [5.74, 6) is -2.95. The maximum atomic E-state index is 14.1. The molecule has 0 aromatic heterocycles. The van der Waals surface area contributed by atoms with Crippen LogP contribution in [0.25, 0.3) is 10.8 Å². The van der Waals surface area contributed by atoms with E-state index in [4.69, 9.17) is 4.74 Å². The Kier molecular flexibility index (Phi) is 5.29. The molecule has 0 aliphatic carbocycles. The maximum Gasteiger partial charge on any atom is 0.437 e. The van der Waals surface area contributed by atoms with E-state index in [2.05, 4.69) is 5.32 Å². The Morgan fingerprint density at radius 2 is 1.69 bits per heavy atom. The first-order valence-electron chi connectivity index (χ1n) is 9.70. The molecule has 0 bridgehead atoms. The molecule has 4 rings (SSSR count). The van der Waals surface area contributed by atoms with E-state index in [0.29, 0.717) is 10.8 Å². The van der Waals surface area contributed by atoms with Crippen molar-refractivity contribution in [3.05, 3.63) is 77.9 Å². The number of alkyl halides is 3. The summed E-state index contributed by atoms with van der Waals surface area (Å²) in [6.07, 6.45) is -5.34. The Morgan fingerprint density at radius 3 is 2.34 bits per heavy atom. The molecule has 32 heavy (non-hydrogen) atoms. The minimum Gasteiger partial charge on any atom is -0.496 e. The molecule has 6 nitrogen and oxygen atoms in total. The molecule has 9 heteroatoms. The second-order valence-corrected chi connectivity index (χ2v) is 7.45. The maximum absolute atomic E-state index is 14.1. The van der Waals surface area contributed by atoms with E-state index in [-0.39, 0.29) is 16.9 Å². The molecule has 1 heterocycles. The average molecular weight is 444 g/mol. The zero-order valence-corrected chi connectivity index (χ0v) is 16.8. The van der Waals surface area contributed by atoms with E-state index in [9.17, 15) is 27.9 Å². The van der Waals surface area contributed by atoms with Crippen LogP contribution in [-0.4, -0.2) is 35.9 Å². The van der Waals surface area contributed by atoms with Crippen molar-refractivity contribution in [2.45, 2.75) is 17.9 Å². The number of hydrogen-bond donors (Lipinski definition) is 3. The molecule has 166 valence electrons. The SMILES string of the molecule is COc1ccc2ccccc2c1[C@@H]1NC(=O)N[C@](O)(C(F)(F)F)[C@@H]1C(=O)c1ccccc1. The second-order valence-electron chi connectivity index (χ2n) is 7.45. The lowest BCUT2D eigenvalue weighted by Crippen LogP contribution is -2.72. The first-order valence-corrected chi connectivity index (χ1v) is 9.70. The Hall–Kier alpha value is -3.59. The van der Waals surface area contributed by atoms with Gasteiger partial charge in [-0.25, -0.2) is 4.79 Å². The van der Waals surface area contributed by atoms with Gasteiger partial charge in [-0.3, -0.25) is 4.79 Å². The summed E-state index contributed by atoms with van der Waals surface area (Å²) < 4.78 is 47.8. The van der Waals surface area contributed by atoms with Crippen molar-refractivity contribution < 1.29 is 32.6 Å². The standard InChI is InChI=1S/C23H19F3N2O4/c1-32-16-12-11-13-7-5-6-10-15(13)17(16)19-18(20(29)14-8-3-2-4-9-14)22(31,23(24,25)26)28-21(30)27-19/h2-12,18-19,31H,1H3,(H2,27,28,30)/t18-,19-,22+/m0/s1. The van der Waals surface area contributed by atoms with Gasteiger partial charge in [0.25, 0.3) is 0 Å². The number of rotatable bonds is 4. The van der Waals surface area contributed by atoms with Gasteiger partial charge >= 0.3 is 12.2 Å². The van der Waals surface area contributed by atoms with Crippen LogP contribution in [0.3, 0.4) is 0 Å². The highest BCUT2D eigenvalue weighted by Gasteiger charge is 2.66. The molecule has 0 spiro atoms. The van der Waals surface area contributed by atoms with E-state index in [1.54, 1.807) is 42.5 Å². The average Bonchev–Trinajstić information content (AvgIpc) is 2.77. The third kappa shape index (κ3) is 3.44. The van der Waals surface area contributed by atoms with Gasteiger partial charge in [0.1, 0.15) is 11.7 Å². The number of amides is 2. The Balaban J connectivity index is 2.00. The number of carbonyl (C=O) groups excluding carboxylic acids is 2.